The monoisotopic (exact) mass is 238 g/mol. The average Bonchev–Trinajstić information content (AvgIpc) is 2.31. The van der Waals surface area contributed by atoms with Crippen molar-refractivity contribution in [2.24, 2.45) is 11.5 Å². The van der Waals surface area contributed by atoms with Crippen molar-refractivity contribution in [1.29, 1.82) is 0 Å². The molecule has 0 radical (unpaired) electrons. The molecule has 0 aliphatic heterocycles. The van der Waals surface area contributed by atoms with Crippen molar-refractivity contribution in [3.05, 3.63) is 34.9 Å². The lowest BCUT2D eigenvalue weighted by Gasteiger charge is -2.39. The van der Waals surface area contributed by atoms with Crippen molar-refractivity contribution < 1.29 is 0 Å². The van der Waals surface area contributed by atoms with E-state index in [0.717, 1.165) is 30.7 Å². The number of benzene rings is 1. The van der Waals surface area contributed by atoms with Crippen LogP contribution in [-0.2, 0) is 5.41 Å². The standard InChI is InChI=1S/C13H19ClN2/c14-11-3-1-2-10(8-11)13(9-15)6-4-12(16)5-7-13/h1-3,8,12H,4-7,9,15-16H2. The van der Waals surface area contributed by atoms with E-state index in [0.29, 0.717) is 12.6 Å². The Balaban J connectivity index is 2.28. The van der Waals surface area contributed by atoms with Gasteiger partial charge in [0.2, 0.25) is 0 Å². The van der Waals surface area contributed by atoms with E-state index in [2.05, 4.69) is 6.07 Å². The van der Waals surface area contributed by atoms with Crippen LogP contribution in [0.3, 0.4) is 0 Å². The molecule has 0 spiro atoms. The maximum atomic E-state index is 6.05. The van der Waals surface area contributed by atoms with E-state index in [1.807, 2.05) is 18.2 Å². The van der Waals surface area contributed by atoms with Crippen LogP contribution in [0.2, 0.25) is 5.02 Å². The number of hydrogen-bond acceptors (Lipinski definition) is 2. The van der Waals surface area contributed by atoms with Crippen LogP contribution in [0.4, 0.5) is 0 Å². The number of nitrogens with two attached hydrogens (primary N) is 2. The molecule has 1 aliphatic rings. The molecule has 0 saturated heterocycles. The Hall–Kier alpha value is -0.570. The van der Waals surface area contributed by atoms with Gasteiger partial charge in [-0.2, -0.15) is 0 Å². The molecule has 3 heteroatoms. The average molecular weight is 239 g/mol. The Morgan fingerprint density at radius 3 is 2.56 bits per heavy atom. The highest BCUT2D eigenvalue weighted by Gasteiger charge is 2.34. The van der Waals surface area contributed by atoms with E-state index in [1.54, 1.807) is 0 Å². The van der Waals surface area contributed by atoms with E-state index in [9.17, 15) is 0 Å². The Bertz CT molecular complexity index is 357. The maximum Gasteiger partial charge on any atom is 0.0408 e. The summed E-state index contributed by atoms with van der Waals surface area (Å²) in [5, 5.41) is 0.792. The maximum absolute atomic E-state index is 6.05. The normalized spacial score (nSPS) is 30.3. The first kappa shape index (κ1) is 11.9. The molecule has 1 aromatic rings. The molecule has 0 heterocycles. The smallest absolute Gasteiger partial charge is 0.0408 e. The van der Waals surface area contributed by atoms with Gasteiger partial charge >= 0.3 is 0 Å². The van der Waals surface area contributed by atoms with E-state index in [1.165, 1.54) is 5.56 Å². The third-order valence-electron chi connectivity index (χ3n) is 3.82. The van der Waals surface area contributed by atoms with Gasteiger partial charge in [0.1, 0.15) is 0 Å². The minimum Gasteiger partial charge on any atom is -0.330 e. The van der Waals surface area contributed by atoms with Crippen molar-refractivity contribution >= 4 is 11.6 Å². The zero-order valence-electron chi connectivity index (χ0n) is 9.45. The van der Waals surface area contributed by atoms with E-state index >= 15 is 0 Å². The summed E-state index contributed by atoms with van der Waals surface area (Å²) in [7, 11) is 0. The lowest BCUT2D eigenvalue weighted by molar-refractivity contribution is 0.277. The van der Waals surface area contributed by atoms with Crippen LogP contribution in [0, 0.1) is 0 Å². The molecule has 0 amide bonds. The van der Waals surface area contributed by atoms with Crippen LogP contribution >= 0.6 is 11.6 Å². The number of hydrogen-bond donors (Lipinski definition) is 2. The predicted octanol–water partition coefficient (Wildman–Crippen LogP) is 2.44. The molecule has 16 heavy (non-hydrogen) atoms. The molecule has 0 bridgehead atoms. The highest BCUT2D eigenvalue weighted by Crippen LogP contribution is 2.38. The summed E-state index contributed by atoms with van der Waals surface area (Å²) in [6.45, 7) is 0.681. The quantitative estimate of drug-likeness (QED) is 0.832. The topological polar surface area (TPSA) is 52.0 Å². The molecule has 1 aromatic carbocycles. The van der Waals surface area contributed by atoms with Gasteiger partial charge in [0.05, 0.1) is 0 Å². The van der Waals surface area contributed by atoms with Crippen molar-refractivity contribution in [2.75, 3.05) is 6.54 Å². The molecular weight excluding hydrogens is 220 g/mol. The van der Waals surface area contributed by atoms with Crippen LogP contribution in [0.15, 0.2) is 24.3 Å². The fourth-order valence-corrected chi connectivity index (χ4v) is 2.81. The van der Waals surface area contributed by atoms with Crippen molar-refractivity contribution in [2.45, 2.75) is 37.1 Å². The largest absolute Gasteiger partial charge is 0.330 e. The molecule has 1 saturated carbocycles. The van der Waals surface area contributed by atoms with Crippen LogP contribution in [0.5, 0.6) is 0 Å². The fourth-order valence-electron chi connectivity index (χ4n) is 2.62. The summed E-state index contributed by atoms with van der Waals surface area (Å²) in [6.07, 6.45) is 4.27. The van der Waals surface area contributed by atoms with Crippen LogP contribution < -0.4 is 11.5 Å². The van der Waals surface area contributed by atoms with Crippen LogP contribution in [0.25, 0.3) is 0 Å². The molecule has 1 fully saturated rings. The second kappa shape index (κ2) is 4.74. The molecule has 2 rings (SSSR count). The zero-order chi connectivity index (χ0) is 11.6. The Labute approximate surface area is 102 Å². The van der Waals surface area contributed by atoms with Gasteiger partial charge in [-0.05, 0) is 43.4 Å². The van der Waals surface area contributed by atoms with Gasteiger partial charge in [-0.15, -0.1) is 0 Å². The minimum atomic E-state index is 0.0980. The summed E-state index contributed by atoms with van der Waals surface area (Å²) in [5.41, 5.74) is 13.3. The van der Waals surface area contributed by atoms with Gasteiger partial charge in [0, 0.05) is 23.0 Å². The number of halogens is 1. The van der Waals surface area contributed by atoms with E-state index < -0.39 is 0 Å². The number of rotatable bonds is 2. The SMILES string of the molecule is NCC1(c2cccc(Cl)c2)CCC(N)CC1. The highest BCUT2D eigenvalue weighted by atomic mass is 35.5. The Kier molecular flexibility index (Phi) is 3.53. The summed E-state index contributed by atoms with van der Waals surface area (Å²) >= 11 is 6.05. The van der Waals surface area contributed by atoms with Crippen molar-refractivity contribution in [3.63, 3.8) is 0 Å². The summed E-state index contributed by atoms with van der Waals surface area (Å²) in [4.78, 5) is 0. The van der Waals surface area contributed by atoms with E-state index in [4.69, 9.17) is 23.1 Å². The molecule has 0 unspecified atom stereocenters. The van der Waals surface area contributed by atoms with Gasteiger partial charge in [0.15, 0.2) is 0 Å². The lowest BCUT2D eigenvalue weighted by Crippen LogP contribution is -2.42. The zero-order valence-corrected chi connectivity index (χ0v) is 10.2. The molecule has 1 aliphatic carbocycles. The minimum absolute atomic E-state index is 0.0980. The van der Waals surface area contributed by atoms with E-state index in [-0.39, 0.29) is 5.41 Å². The molecule has 2 nitrogen and oxygen atoms in total. The Morgan fingerprint density at radius 1 is 1.31 bits per heavy atom. The lowest BCUT2D eigenvalue weighted by atomic mass is 9.68. The molecule has 0 atom stereocenters. The van der Waals surface area contributed by atoms with Gasteiger partial charge in [-0.3, -0.25) is 0 Å². The summed E-state index contributed by atoms with van der Waals surface area (Å²) in [6, 6.07) is 8.44. The first-order chi connectivity index (χ1) is 7.66. The van der Waals surface area contributed by atoms with Crippen LogP contribution in [0.1, 0.15) is 31.2 Å². The van der Waals surface area contributed by atoms with Gasteiger partial charge < -0.3 is 11.5 Å². The Morgan fingerprint density at radius 2 is 2.00 bits per heavy atom. The van der Waals surface area contributed by atoms with Crippen LogP contribution in [-0.4, -0.2) is 12.6 Å². The molecule has 0 aromatic heterocycles. The van der Waals surface area contributed by atoms with Crippen molar-refractivity contribution in [1.82, 2.24) is 0 Å². The second-order valence-corrected chi connectivity index (χ2v) is 5.27. The highest BCUT2D eigenvalue weighted by molar-refractivity contribution is 6.30. The van der Waals surface area contributed by atoms with Gasteiger partial charge in [0.25, 0.3) is 0 Å². The molecule has 4 N–H and O–H groups in total. The van der Waals surface area contributed by atoms with Gasteiger partial charge in [-0.1, -0.05) is 23.7 Å². The molecule has 88 valence electrons. The summed E-state index contributed by atoms with van der Waals surface area (Å²) in [5.74, 6) is 0. The second-order valence-electron chi connectivity index (χ2n) is 4.83. The summed E-state index contributed by atoms with van der Waals surface area (Å²) < 4.78 is 0. The fraction of sp³-hybridized carbons (Fsp3) is 0.538. The molecular formula is C13H19ClN2. The third kappa shape index (κ3) is 2.24. The predicted molar refractivity (Wildman–Crippen MR) is 68.6 cm³/mol. The van der Waals surface area contributed by atoms with Crippen molar-refractivity contribution in [3.8, 4) is 0 Å². The van der Waals surface area contributed by atoms with Gasteiger partial charge in [-0.25, -0.2) is 0 Å². The third-order valence-corrected chi connectivity index (χ3v) is 4.05. The first-order valence-corrected chi connectivity index (χ1v) is 6.26. The first-order valence-electron chi connectivity index (χ1n) is 5.88.